The van der Waals surface area contributed by atoms with Gasteiger partial charge in [-0.2, -0.15) is 0 Å². The number of rotatable bonds is 8. The van der Waals surface area contributed by atoms with E-state index in [1.54, 1.807) is 0 Å². The van der Waals surface area contributed by atoms with Gasteiger partial charge in [0.2, 0.25) is 0 Å². The third kappa shape index (κ3) is 4.98. The Balaban J connectivity index is 1.77. The smallest absolute Gasteiger partial charge is 0.123 e. The zero-order chi connectivity index (χ0) is 14.9. The number of aldehydes is 1. The molecule has 0 aliphatic heterocycles. The van der Waals surface area contributed by atoms with Crippen LogP contribution in [0.1, 0.15) is 76.2 Å². The van der Waals surface area contributed by atoms with Crippen LogP contribution < -0.4 is 0 Å². The quantitative estimate of drug-likeness (QED) is 0.439. The summed E-state index contributed by atoms with van der Waals surface area (Å²) in [4.78, 5) is 11.4. The first-order valence-electron chi connectivity index (χ1n) is 8.85. The minimum absolute atomic E-state index is 0.318. The van der Waals surface area contributed by atoms with Crippen molar-refractivity contribution in [3.05, 3.63) is 35.9 Å². The fourth-order valence-corrected chi connectivity index (χ4v) is 3.83. The summed E-state index contributed by atoms with van der Waals surface area (Å²) < 4.78 is 0. The van der Waals surface area contributed by atoms with Gasteiger partial charge in [-0.05, 0) is 49.5 Å². The maximum absolute atomic E-state index is 11.4. The Bertz CT molecular complexity index is 390. The number of unbranched alkanes of at least 4 members (excludes halogenated alkanes) is 3. The number of hydrogen-bond acceptors (Lipinski definition) is 1. The molecule has 1 atom stereocenters. The van der Waals surface area contributed by atoms with Gasteiger partial charge in [0, 0.05) is 5.92 Å². The Hall–Kier alpha value is -1.11. The van der Waals surface area contributed by atoms with Crippen LogP contribution in [0.3, 0.4) is 0 Å². The van der Waals surface area contributed by atoms with E-state index in [9.17, 15) is 4.79 Å². The second-order valence-electron chi connectivity index (χ2n) is 6.67. The molecule has 2 rings (SSSR count). The lowest BCUT2D eigenvalue weighted by atomic mass is 9.73. The Kier molecular flexibility index (Phi) is 6.99. The van der Waals surface area contributed by atoms with Crippen molar-refractivity contribution in [2.24, 2.45) is 11.8 Å². The molecule has 1 aromatic rings. The normalized spacial score (nSPS) is 23.7. The molecule has 0 heterocycles. The fourth-order valence-electron chi connectivity index (χ4n) is 3.83. The van der Waals surface area contributed by atoms with E-state index in [4.69, 9.17) is 0 Å². The molecule has 0 spiro atoms. The molecule has 0 radical (unpaired) electrons. The van der Waals surface area contributed by atoms with Crippen LogP contribution in [0.2, 0.25) is 0 Å². The maximum atomic E-state index is 11.4. The number of benzene rings is 1. The molecule has 0 amide bonds. The number of carbonyl (C=O) groups excluding carboxylic acids is 1. The lowest BCUT2D eigenvalue weighted by Crippen LogP contribution is -2.22. The average molecular weight is 286 g/mol. The second-order valence-corrected chi connectivity index (χ2v) is 6.67. The van der Waals surface area contributed by atoms with Crippen LogP contribution in [0.25, 0.3) is 0 Å². The van der Waals surface area contributed by atoms with Gasteiger partial charge in [0.05, 0.1) is 0 Å². The van der Waals surface area contributed by atoms with Crippen molar-refractivity contribution < 1.29 is 4.79 Å². The Morgan fingerprint density at radius 1 is 1.05 bits per heavy atom. The van der Waals surface area contributed by atoms with E-state index in [1.807, 2.05) is 0 Å². The third-order valence-electron chi connectivity index (χ3n) is 5.21. The summed E-state index contributed by atoms with van der Waals surface area (Å²) in [6, 6.07) is 10.9. The molecule has 1 nitrogen and oxygen atoms in total. The van der Waals surface area contributed by atoms with E-state index in [0.29, 0.717) is 11.8 Å². The van der Waals surface area contributed by atoms with Crippen molar-refractivity contribution in [3.8, 4) is 0 Å². The van der Waals surface area contributed by atoms with Gasteiger partial charge in [-0.1, -0.05) is 62.9 Å². The summed E-state index contributed by atoms with van der Waals surface area (Å²) in [5.41, 5.74) is 1.49. The topological polar surface area (TPSA) is 17.1 Å². The van der Waals surface area contributed by atoms with E-state index in [2.05, 4.69) is 37.3 Å². The molecule has 116 valence electrons. The molecule has 21 heavy (non-hydrogen) atoms. The van der Waals surface area contributed by atoms with E-state index in [1.165, 1.54) is 63.2 Å². The van der Waals surface area contributed by atoms with Crippen LogP contribution in [0, 0.1) is 11.8 Å². The highest BCUT2D eigenvalue weighted by Gasteiger charge is 2.27. The van der Waals surface area contributed by atoms with Crippen molar-refractivity contribution in [2.75, 3.05) is 0 Å². The molecule has 1 fully saturated rings. The van der Waals surface area contributed by atoms with E-state index < -0.39 is 0 Å². The highest BCUT2D eigenvalue weighted by molar-refractivity contribution is 5.54. The van der Waals surface area contributed by atoms with Crippen LogP contribution in [-0.4, -0.2) is 6.29 Å². The monoisotopic (exact) mass is 286 g/mol. The lowest BCUT2D eigenvalue weighted by Gasteiger charge is -2.32. The Morgan fingerprint density at radius 2 is 1.76 bits per heavy atom. The molecule has 1 heteroatoms. The molecule has 1 aromatic carbocycles. The Morgan fingerprint density at radius 3 is 2.38 bits per heavy atom. The summed E-state index contributed by atoms with van der Waals surface area (Å²) in [5, 5.41) is 0. The summed E-state index contributed by atoms with van der Waals surface area (Å²) in [5.74, 6) is 1.68. The van der Waals surface area contributed by atoms with Crippen LogP contribution in [0.4, 0.5) is 0 Å². The molecular weight excluding hydrogens is 256 g/mol. The van der Waals surface area contributed by atoms with Gasteiger partial charge in [0.15, 0.2) is 0 Å². The highest BCUT2D eigenvalue weighted by atomic mass is 16.1. The first-order chi connectivity index (χ1) is 10.3. The molecule has 0 bridgehead atoms. The molecule has 0 saturated heterocycles. The molecule has 0 aromatic heterocycles. The van der Waals surface area contributed by atoms with Crippen LogP contribution in [-0.2, 0) is 4.79 Å². The minimum Gasteiger partial charge on any atom is -0.303 e. The van der Waals surface area contributed by atoms with Crippen LogP contribution in [0.15, 0.2) is 30.3 Å². The first-order valence-corrected chi connectivity index (χ1v) is 8.85. The van der Waals surface area contributed by atoms with Gasteiger partial charge in [-0.3, -0.25) is 0 Å². The molecule has 1 saturated carbocycles. The summed E-state index contributed by atoms with van der Waals surface area (Å²) in [6.07, 6.45) is 12.5. The van der Waals surface area contributed by atoms with Crippen molar-refractivity contribution in [1.82, 2.24) is 0 Å². The number of hydrogen-bond donors (Lipinski definition) is 0. The van der Waals surface area contributed by atoms with Crippen molar-refractivity contribution in [2.45, 2.75) is 70.6 Å². The molecule has 1 aliphatic carbocycles. The Labute approximate surface area is 130 Å². The molecular formula is C20H30O. The van der Waals surface area contributed by atoms with Crippen LogP contribution in [0.5, 0.6) is 0 Å². The maximum Gasteiger partial charge on any atom is 0.123 e. The van der Waals surface area contributed by atoms with E-state index in [0.717, 1.165) is 12.3 Å². The van der Waals surface area contributed by atoms with Gasteiger partial charge in [-0.25, -0.2) is 0 Å². The zero-order valence-corrected chi connectivity index (χ0v) is 13.5. The molecule has 1 unspecified atom stereocenters. The number of carbonyl (C=O) groups is 1. The summed E-state index contributed by atoms with van der Waals surface area (Å²) in [7, 11) is 0. The summed E-state index contributed by atoms with van der Waals surface area (Å²) in [6.45, 7) is 2.24. The highest BCUT2D eigenvalue weighted by Crippen LogP contribution is 2.39. The molecule has 1 aliphatic rings. The van der Waals surface area contributed by atoms with Gasteiger partial charge >= 0.3 is 0 Å². The van der Waals surface area contributed by atoms with E-state index >= 15 is 0 Å². The van der Waals surface area contributed by atoms with Crippen molar-refractivity contribution in [3.63, 3.8) is 0 Å². The lowest BCUT2D eigenvalue weighted by molar-refractivity contribution is -0.113. The van der Waals surface area contributed by atoms with E-state index in [-0.39, 0.29) is 0 Å². The zero-order valence-electron chi connectivity index (χ0n) is 13.5. The van der Waals surface area contributed by atoms with Crippen LogP contribution >= 0.6 is 0 Å². The van der Waals surface area contributed by atoms with Gasteiger partial charge < -0.3 is 4.79 Å². The minimum atomic E-state index is 0.318. The first kappa shape index (κ1) is 16.3. The summed E-state index contributed by atoms with van der Waals surface area (Å²) >= 11 is 0. The predicted octanol–water partition coefficient (Wildman–Crippen LogP) is 5.75. The van der Waals surface area contributed by atoms with Crippen molar-refractivity contribution in [1.29, 1.82) is 0 Å². The fraction of sp³-hybridized carbons (Fsp3) is 0.650. The van der Waals surface area contributed by atoms with Crippen molar-refractivity contribution >= 4 is 6.29 Å². The van der Waals surface area contributed by atoms with Gasteiger partial charge in [-0.15, -0.1) is 0 Å². The third-order valence-corrected chi connectivity index (χ3v) is 5.21. The predicted molar refractivity (Wildman–Crippen MR) is 89.5 cm³/mol. The standard InChI is InChI=1S/C20H30O/c1-2-3-4-6-11-20(16-21)19-14-12-18(13-15-19)17-9-7-5-8-10-17/h5,7-10,16,18-20H,2-4,6,11-15H2,1H3/t18-,19-,20?. The second kappa shape index (κ2) is 9.02. The van der Waals surface area contributed by atoms with Gasteiger partial charge in [0.1, 0.15) is 6.29 Å². The largest absolute Gasteiger partial charge is 0.303 e. The van der Waals surface area contributed by atoms with Gasteiger partial charge in [0.25, 0.3) is 0 Å². The average Bonchev–Trinajstić information content (AvgIpc) is 2.56. The SMILES string of the molecule is CCCCCCC(C=O)[C@H]1CC[C@H](c2ccccc2)CC1. The molecule has 0 N–H and O–H groups in total.